The van der Waals surface area contributed by atoms with Gasteiger partial charge in [-0.1, -0.05) is 6.07 Å². The summed E-state index contributed by atoms with van der Waals surface area (Å²) < 4.78 is 0. The van der Waals surface area contributed by atoms with Crippen LogP contribution >= 0.6 is 0 Å². The fourth-order valence-electron chi connectivity index (χ4n) is 2.54. The predicted molar refractivity (Wildman–Crippen MR) is 70.3 cm³/mol. The highest BCUT2D eigenvalue weighted by Crippen LogP contribution is 2.33. The molecule has 1 atom stereocenters. The van der Waals surface area contributed by atoms with Crippen molar-refractivity contribution in [3.05, 3.63) is 48.2 Å². The van der Waals surface area contributed by atoms with Crippen molar-refractivity contribution < 1.29 is 0 Å². The van der Waals surface area contributed by atoms with Crippen LogP contribution in [0.15, 0.2) is 36.8 Å². The first kappa shape index (κ1) is 11.1. The molecule has 3 heterocycles. The van der Waals surface area contributed by atoms with Gasteiger partial charge in [-0.25, -0.2) is 4.98 Å². The standard InChI is InChI=1S/C14H16N4/c1-11-4-2-5-12(17-11)13-6-3-9-18(13)14-10-15-7-8-16-14/h2,4-5,7-8,10,13H,3,6,9H2,1H3. The molecule has 0 spiro atoms. The van der Waals surface area contributed by atoms with E-state index in [0.717, 1.165) is 30.2 Å². The third-order valence-electron chi connectivity index (χ3n) is 3.35. The highest BCUT2D eigenvalue weighted by Gasteiger charge is 2.28. The number of anilines is 1. The highest BCUT2D eigenvalue weighted by atomic mass is 15.2. The van der Waals surface area contributed by atoms with Crippen molar-refractivity contribution in [1.29, 1.82) is 0 Å². The minimum atomic E-state index is 0.335. The van der Waals surface area contributed by atoms with E-state index in [4.69, 9.17) is 0 Å². The van der Waals surface area contributed by atoms with Crippen LogP contribution in [0.5, 0.6) is 0 Å². The summed E-state index contributed by atoms with van der Waals surface area (Å²) in [5, 5.41) is 0. The zero-order chi connectivity index (χ0) is 12.4. The van der Waals surface area contributed by atoms with Gasteiger partial charge in [-0.3, -0.25) is 9.97 Å². The maximum atomic E-state index is 4.64. The van der Waals surface area contributed by atoms with Crippen molar-refractivity contribution in [3.8, 4) is 0 Å². The molecule has 4 heteroatoms. The molecule has 1 aliphatic heterocycles. The van der Waals surface area contributed by atoms with E-state index < -0.39 is 0 Å². The van der Waals surface area contributed by atoms with Crippen LogP contribution in [0.25, 0.3) is 0 Å². The first-order valence-electron chi connectivity index (χ1n) is 6.31. The molecule has 1 saturated heterocycles. The molecule has 3 rings (SSSR count). The normalized spacial score (nSPS) is 19.2. The lowest BCUT2D eigenvalue weighted by atomic mass is 10.1. The van der Waals surface area contributed by atoms with Gasteiger partial charge in [0.2, 0.25) is 0 Å². The van der Waals surface area contributed by atoms with E-state index in [2.05, 4.69) is 32.0 Å². The summed E-state index contributed by atoms with van der Waals surface area (Å²) in [5.41, 5.74) is 2.21. The Morgan fingerprint density at radius 2 is 2.22 bits per heavy atom. The van der Waals surface area contributed by atoms with Crippen LogP contribution in [0.2, 0.25) is 0 Å². The van der Waals surface area contributed by atoms with E-state index >= 15 is 0 Å². The Hall–Kier alpha value is -1.97. The Bertz CT molecular complexity index is 526. The number of rotatable bonds is 2. The second-order valence-electron chi connectivity index (χ2n) is 4.62. The van der Waals surface area contributed by atoms with Gasteiger partial charge in [0.1, 0.15) is 5.82 Å². The van der Waals surface area contributed by atoms with E-state index in [9.17, 15) is 0 Å². The van der Waals surface area contributed by atoms with E-state index in [1.165, 1.54) is 6.42 Å². The van der Waals surface area contributed by atoms with Crippen molar-refractivity contribution in [3.63, 3.8) is 0 Å². The monoisotopic (exact) mass is 240 g/mol. The van der Waals surface area contributed by atoms with Crippen LogP contribution in [-0.4, -0.2) is 21.5 Å². The van der Waals surface area contributed by atoms with Crippen LogP contribution in [-0.2, 0) is 0 Å². The van der Waals surface area contributed by atoms with E-state index in [1.54, 1.807) is 12.4 Å². The minimum Gasteiger partial charge on any atom is -0.347 e. The fourth-order valence-corrected chi connectivity index (χ4v) is 2.54. The average Bonchev–Trinajstić information content (AvgIpc) is 2.89. The van der Waals surface area contributed by atoms with E-state index in [1.807, 2.05) is 19.2 Å². The number of hydrogen-bond donors (Lipinski definition) is 0. The molecule has 92 valence electrons. The Morgan fingerprint density at radius 3 is 3.00 bits per heavy atom. The van der Waals surface area contributed by atoms with Crippen LogP contribution in [0, 0.1) is 6.92 Å². The van der Waals surface area contributed by atoms with Crippen molar-refractivity contribution in [2.45, 2.75) is 25.8 Å². The zero-order valence-electron chi connectivity index (χ0n) is 10.5. The first-order valence-corrected chi connectivity index (χ1v) is 6.31. The Balaban J connectivity index is 1.92. The third kappa shape index (κ3) is 2.06. The third-order valence-corrected chi connectivity index (χ3v) is 3.35. The van der Waals surface area contributed by atoms with Gasteiger partial charge in [-0.05, 0) is 31.9 Å². The fraction of sp³-hybridized carbons (Fsp3) is 0.357. The Morgan fingerprint density at radius 1 is 1.28 bits per heavy atom. The molecule has 1 unspecified atom stereocenters. The molecule has 0 amide bonds. The molecule has 1 fully saturated rings. The van der Waals surface area contributed by atoms with Crippen LogP contribution in [0.1, 0.15) is 30.3 Å². The maximum absolute atomic E-state index is 4.64. The quantitative estimate of drug-likeness (QED) is 0.809. The summed E-state index contributed by atoms with van der Waals surface area (Å²) >= 11 is 0. The smallest absolute Gasteiger partial charge is 0.147 e. The number of aromatic nitrogens is 3. The topological polar surface area (TPSA) is 41.9 Å². The Labute approximate surface area is 107 Å². The second kappa shape index (κ2) is 4.72. The summed E-state index contributed by atoms with van der Waals surface area (Å²) in [6, 6.07) is 6.55. The number of nitrogens with zero attached hydrogens (tertiary/aromatic N) is 4. The molecule has 0 aliphatic carbocycles. The molecule has 18 heavy (non-hydrogen) atoms. The summed E-state index contributed by atoms with van der Waals surface area (Å²) in [7, 11) is 0. The molecule has 1 aliphatic rings. The molecule has 2 aromatic heterocycles. The summed E-state index contributed by atoms with van der Waals surface area (Å²) in [4.78, 5) is 15.5. The molecule has 0 saturated carbocycles. The van der Waals surface area contributed by atoms with Gasteiger partial charge in [-0.15, -0.1) is 0 Å². The summed E-state index contributed by atoms with van der Waals surface area (Å²) in [5.74, 6) is 0.948. The predicted octanol–water partition coefficient (Wildman–Crippen LogP) is 2.52. The molecule has 0 radical (unpaired) electrons. The summed E-state index contributed by atoms with van der Waals surface area (Å²) in [6.07, 6.45) is 7.59. The van der Waals surface area contributed by atoms with Gasteiger partial charge in [0.15, 0.2) is 0 Å². The lowest BCUT2D eigenvalue weighted by Crippen LogP contribution is -2.24. The molecule has 2 aromatic rings. The summed E-state index contributed by atoms with van der Waals surface area (Å²) in [6.45, 7) is 3.06. The van der Waals surface area contributed by atoms with Crippen LogP contribution in [0.3, 0.4) is 0 Å². The first-order chi connectivity index (χ1) is 8.84. The molecule has 0 N–H and O–H groups in total. The zero-order valence-corrected chi connectivity index (χ0v) is 10.5. The lowest BCUT2D eigenvalue weighted by Gasteiger charge is -2.25. The largest absolute Gasteiger partial charge is 0.347 e. The van der Waals surface area contributed by atoms with Crippen molar-refractivity contribution in [1.82, 2.24) is 15.0 Å². The second-order valence-corrected chi connectivity index (χ2v) is 4.62. The maximum Gasteiger partial charge on any atom is 0.147 e. The van der Waals surface area contributed by atoms with Gasteiger partial charge in [0, 0.05) is 24.6 Å². The number of hydrogen-bond acceptors (Lipinski definition) is 4. The van der Waals surface area contributed by atoms with E-state index in [0.29, 0.717) is 6.04 Å². The lowest BCUT2D eigenvalue weighted by molar-refractivity contribution is 0.684. The van der Waals surface area contributed by atoms with Crippen LogP contribution in [0.4, 0.5) is 5.82 Å². The molecular formula is C14H16N4. The molecular weight excluding hydrogens is 224 g/mol. The van der Waals surface area contributed by atoms with Gasteiger partial charge in [0.25, 0.3) is 0 Å². The molecule has 0 bridgehead atoms. The highest BCUT2D eigenvalue weighted by molar-refractivity contribution is 5.40. The number of pyridine rings is 1. The van der Waals surface area contributed by atoms with Gasteiger partial charge in [-0.2, -0.15) is 0 Å². The molecule has 4 nitrogen and oxygen atoms in total. The molecule has 0 aromatic carbocycles. The van der Waals surface area contributed by atoms with Gasteiger partial charge >= 0.3 is 0 Å². The van der Waals surface area contributed by atoms with Gasteiger partial charge < -0.3 is 4.90 Å². The van der Waals surface area contributed by atoms with Gasteiger partial charge in [0.05, 0.1) is 17.9 Å². The van der Waals surface area contributed by atoms with E-state index in [-0.39, 0.29) is 0 Å². The minimum absolute atomic E-state index is 0.335. The Kier molecular flexibility index (Phi) is 2.92. The average molecular weight is 240 g/mol. The van der Waals surface area contributed by atoms with Crippen molar-refractivity contribution in [2.24, 2.45) is 0 Å². The van der Waals surface area contributed by atoms with Crippen molar-refractivity contribution in [2.75, 3.05) is 11.4 Å². The number of aryl methyl sites for hydroxylation is 1. The van der Waals surface area contributed by atoms with Crippen molar-refractivity contribution >= 4 is 5.82 Å². The SMILES string of the molecule is Cc1cccc(C2CCCN2c2cnccn2)n1. The van der Waals surface area contributed by atoms with Crippen LogP contribution < -0.4 is 4.90 Å².